The summed E-state index contributed by atoms with van der Waals surface area (Å²) in [6.45, 7) is 8.58. The molecule has 0 saturated carbocycles. The number of furan rings is 1. The molecular formula is C20H26N2O5S. The molecule has 0 bridgehead atoms. The van der Waals surface area contributed by atoms with Gasteiger partial charge in [-0.05, 0) is 50.8 Å². The minimum absolute atomic E-state index is 0.202. The number of carbonyl (C=O) groups is 1. The maximum Gasteiger partial charge on any atom is 0.290 e. The van der Waals surface area contributed by atoms with Crippen LogP contribution in [0.15, 0.2) is 15.4 Å². The predicted octanol–water partition coefficient (Wildman–Crippen LogP) is 2.61. The van der Waals surface area contributed by atoms with Gasteiger partial charge < -0.3 is 14.1 Å². The Morgan fingerprint density at radius 1 is 1.00 bits per heavy atom. The molecule has 0 spiro atoms. The lowest BCUT2D eigenvalue weighted by molar-refractivity contribution is 0.0283. The lowest BCUT2D eigenvalue weighted by Gasteiger charge is -2.26. The number of amides is 1. The van der Waals surface area contributed by atoms with E-state index in [0.29, 0.717) is 61.5 Å². The molecule has 2 aliphatic rings. The fourth-order valence-corrected chi connectivity index (χ4v) is 5.96. The number of rotatable bonds is 3. The molecule has 0 aliphatic carbocycles. The summed E-state index contributed by atoms with van der Waals surface area (Å²) in [5.74, 6) is 0.0107. The number of carbonyl (C=O) groups excluding carboxylic acids is 1. The average Bonchev–Trinajstić information content (AvgIpc) is 3.32. The van der Waals surface area contributed by atoms with Crippen molar-refractivity contribution in [3.05, 3.63) is 28.5 Å². The summed E-state index contributed by atoms with van der Waals surface area (Å²) in [6, 6.07) is 1.92. The Balaban J connectivity index is 1.88. The molecule has 2 saturated heterocycles. The summed E-state index contributed by atoms with van der Waals surface area (Å²) in [5.41, 5.74) is 2.54. The largest absolute Gasteiger partial charge is 0.449 e. The van der Waals surface area contributed by atoms with Gasteiger partial charge >= 0.3 is 0 Å². The number of hydrogen-bond acceptors (Lipinski definition) is 5. The second kappa shape index (κ2) is 7.17. The highest BCUT2D eigenvalue weighted by Crippen LogP contribution is 2.37. The van der Waals surface area contributed by atoms with Crippen molar-refractivity contribution in [2.75, 3.05) is 39.4 Å². The first-order valence-corrected chi connectivity index (χ1v) is 11.2. The van der Waals surface area contributed by atoms with Gasteiger partial charge in [0.2, 0.25) is 10.0 Å². The van der Waals surface area contributed by atoms with Crippen molar-refractivity contribution in [3.63, 3.8) is 0 Å². The van der Waals surface area contributed by atoms with Gasteiger partial charge in [-0.3, -0.25) is 4.79 Å². The summed E-state index contributed by atoms with van der Waals surface area (Å²) in [7, 11) is -3.68. The third kappa shape index (κ3) is 3.03. The Morgan fingerprint density at radius 3 is 2.29 bits per heavy atom. The molecule has 8 heteroatoms. The molecule has 0 atom stereocenters. The lowest BCUT2D eigenvalue weighted by atomic mass is 10.0. The number of ether oxygens (including phenoxy) is 1. The highest BCUT2D eigenvalue weighted by molar-refractivity contribution is 7.89. The van der Waals surface area contributed by atoms with Crippen LogP contribution in [0.3, 0.4) is 0 Å². The van der Waals surface area contributed by atoms with Crippen molar-refractivity contribution in [1.29, 1.82) is 0 Å². The number of hydrogen-bond donors (Lipinski definition) is 0. The zero-order valence-corrected chi connectivity index (χ0v) is 17.4. The van der Waals surface area contributed by atoms with Crippen molar-refractivity contribution >= 4 is 26.9 Å². The van der Waals surface area contributed by atoms with Gasteiger partial charge in [0.15, 0.2) is 11.3 Å². The SMILES string of the molecule is Cc1cc2c(C)c(C(=O)N3CCOCC3)oc2c(S(=O)(=O)N2CCCC2)c1C. The van der Waals surface area contributed by atoms with Crippen molar-refractivity contribution in [2.45, 2.75) is 38.5 Å². The van der Waals surface area contributed by atoms with Crippen molar-refractivity contribution in [3.8, 4) is 0 Å². The Labute approximate surface area is 165 Å². The van der Waals surface area contributed by atoms with E-state index in [9.17, 15) is 13.2 Å². The van der Waals surface area contributed by atoms with Crippen LogP contribution in [0.4, 0.5) is 0 Å². The summed E-state index contributed by atoms with van der Waals surface area (Å²) < 4.78 is 39.6. The van der Waals surface area contributed by atoms with Gasteiger partial charge in [0, 0.05) is 37.1 Å². The highest BCUT2D eigenvalue weighted by Gasteiger charge is 2.34. The highest BCUT2D eigenvalue weighted by atomic mass is 32.2. The molecule has 2 aliphatic heterocycles. The van der Waals surface area contributed by atoms with E-state index in [-0.39, 0.29) is 16.6 Å². The Bertz CT molecular complexity index is 1030. The second-order valence-corrected chi connectivity index (χ2v) is 9.47. The van der Waals surface area contributed by atoms with E-state index >= 15 is 0 Å². The minimum atomic E-state index is -3.68. The first kappa shape index (κ1) is 19.4. The molecule has 4 rings (SSSR count). The number of fused-ring (bicyclic) bond motifs is 1. The predicted molar refractivity (Wildman–Crippen MR) is 105 cm³/mol. The molecule has 0 unspecified atom stereocenters. The van der Waals surface area contributed by atoms with Gasteiger partial charge in [-0.1, -0.05) is 0 Å². The molecule has 28 heavy (non-hydrogen) atoms. The van der Waals surface area contributed by atoms with Crippen LogP contribution in [-0.4, -0.2) is 62.9 Å². The van der Waals surface area contributed by atoms with Gasteiger partial charge in [0.25, 0.3) is 5.91 Å². The van der Waals surface area contributed by atoms with E-state index < -0.39 is 10.0 Å². The monoisotopic (exact) mass is 406 g/mol. The second-order valence-electron chi connectivity index (χ2n) is 7.60. The third-order valence-corrected chi connectivity index (χ3v) is 7.90. The standard InChI is InChI=1S/C20H26N2O5S/c1-13-12-16-15(3)17(20(23)21-8-10-26-11-9-21)27-18(16)19(14(13)2)28(24,25)22-6-4-5-7-22/h12H,4-11H2,1-3H3. The van der Waals surface area contributed by atoms with E-state index in [1.54, 1.807) is 11.8 Å². The summed E-state index contributed by atoms with van der Waals surface area (Å²) >= 11 is 0. The topological polar surface area (TPSA) is 80.1 Å². The maximum atomic E-state index is 13.4. The first-order valence-electron chi connectivity index (χ1n) is 9.73. The van der Waals surface area contributed by atoms with Crippen LogP contribution in [0.5, 0.6) is 0 Å². The average molecular weight is 407 g/mol. The molecule has 2 aromatic rings. The van der Waals surface area contributed by atoms with Gasteiger partial charge in [0.1, 0.15) is 4.90 Å². The van der Waals surface area contributed by atoms with Crippen LogP contribution in [-0.2, 0) is 14.8 Å². The smallest absolute Gasteiger partial charge is 0.290 e. The summed E-state index contributed by atoms with van der Waals surface area (Å²) in [4.78, 5) is 14.9. The van der Waals surface area contributed by atoms with E-state index in [1.165, 1.54) is 4.31 Å². The molecule has 1 aromatic heterocycles. The number of aryl methyl sites for hydroxylation is 2. The normalized spacial score (nSPS) is 18.9. The fourth-order valence-electron chi connectivity index (χ4n) is 4.03. The minimum Gasteiger partial charge on any atom is -0.449 e. The van der Waals surface area contributed by atoms with Gasteiger partial charge in [-0.2, -0.15) is 4.31 Å². The Kier molecular flexibility index (Phi) is 4.97. The van der Waals surface area contributed by atoms with Crippen LogP contribution < -0.4 is 0 Å². The number of nitrogens with zero attached hydrogens (tertiary/aromatic N) is 2. The molecule has 1 aromatic carbocycles. The van der Waals surface area contributed by atoms with Crippen molar-refractivity contribution in [1.82, 2.24) is 9.21 Å². The number of benzene rings is 1. The molecule has 7 nitrogen and oxygen atoms in total. The maximum absolute atomic E-state index is 13.4. The van der Waals surface area contributed by atoms with E-state index in [1.807, 2.05) is 19.9 Å². The molecule has 0 radical (unpaired) electrons. The number of morpholine rings is 1. The summed E-state index contributed by atoms with van der Waals surface area (Å²) in [6.07, 6.45) is 1.73. The summed E-state index contributed by atoms with van der Waals surface area (Å²) in [5, 5.41) is 0.692. The third-order valence-electron chi connectivity index (χ3n) is 5.85. The lowest BCUT2D eigenvalue weighted by Crippen LogP contribution is -2.40. The molecule has 0 N–H and O–H groups in total. The molecule has 2 fully saturated rings. The van der Waals surface area contributed by atoms with Crippen molar-refractivity contribution < 1.29 is 22.4 Å². The number of sulfonamides is 1. The Morgan fingerprint density at radius 2 is 1.64 bits per heavy atom. The first-order chi connectivity index (χ1) is 13.3. The molecule has 1 amide bonds. The van der Waals surface area contributed by atoms with Gasteiger partial charge in [-0.25, -0.2) is 8.42 Å². The van der Waals surface area contributed by atoms with E-state index in [2.05, 4.69) is 0 Å². The van der Waals surface area contributed by atoms with E-state index in [0.717, 1.165) is 18.4 Å². The molecular weight excluding hydrogens is 380 g/mol. The van der Waals surface area contributed by atoms with Crippen LogP contribution in [0.2, 0.25) is 0 Å². The van der Waals surface area contributed by atoms with Crippen LogP contribution in [0.25, 0.3) is 11.0 Å². The zero-order chi connectivity index (χ0) is 20.1. The van der Waals surface area contributed by atoms with E-state index in [4.69, 9.17) is 9.15 Å². The molecule has 3 heterocycles. The molecule has 152 valence electrons. The Hall–Kier alpha value is -1.90. The quantitative estimate of drug-likeness (QED) is 0.783. The van der Waals surface area contributed by atoms with Crippen LogP contribution in [0, 0.1) is 20.8 Å². The van der Waals surface area contributed by atoms with Crippen molar-refractivity contribution in [2.24, 2.45) is 0 Å². The fraction of sp³-hybridized carbons (Fsp3) is 0.550. The van der Waals surface area contributed by atoms with Gasteiger partial charge in [-0.15, -0.1) is 0 Å². The zero-order valence-electron chi connectivity index (χ0n) is 16.6. The van der Waals surface area contributed by atoms with Crippen LogP contribution >= 0.6 is 0 Å². The van der Waals surface area contributed by atoms with Crippen LogP contribution in [0.1, 0.15) is 40.1 Å². The van der Waals surface area contributed by atoms with Gasteiger partial charge in [0.05, 0.1) is 13.2 Å².